The smallest absolute Gasteiger partial charge is 0.254 e. The highest BCUT2D eigenvalue weighted by atomic mass is 19.2. The van der Waals surface area contributed by atoms with Gasteiger partial charge >= 0.3 is 0 Å². The Morgan fingerprint density at radius 3 is 2.68 bits per heavy atom. The Hall–Kier alpha value is -3.16. The molecule has 0 spiro atoms. The van der Waals surface area contributed by atoms with Crippen molar-refractivity contribution >= 4 is 5.91 Å². The number of carbonyl (C=O) groups excluding carboxylic acids is 1. The Balaban J connectivity index is 1.59. The Morgan fingerprint density at radius 1 is 1.08 bits per heavy atom. The first-order valence-corrected chi connectivity index (χ1v) is 7.41. The molecule has 0 aliphatic heterocycles. The first-order chi connectivity index (χ1) is 12.1. The molecule has 2 aromatic heterocycles. The molecule has 1 aromatic carbocycles. The lowest BCUT2D eigenvalue weighted by Gasteiger charge is -2.07. The number of pyridine rings is 1. The topological polar surface area (TPSA) is 59.8 Å². The minimum atomic E-state index is -1.67. The van der Waals surface area contributed by atoms with E-state index in [1.807, 2.05) is 12.1 Å². The summed E-state index contributed by atoms with van der Waals surface area (Å²) in [5, 5.41) is 6.60. The van der Waals surface area contributed by atoms with Crippen LogP contribution in [0.15, 0.2) is 49.1 Å². The Kier molecular flexibility index (Phi) is 4.78. The lowest BCUT2D eigenvalue weighted by molar-refractivity contribution is 0.0946. The SMILES string of the molecule is O=C(NCCn1cc(-c2cccnc2)cn1)c1ccc(F)c(F)c1F. The van der Waals surface area contributed by atoms with Crippen LogP contribution in [-0.4, -0.2) is 27.2 Å². The van der Waals surface area contributed by atoms with Crippen LogP contribution in [0, 0.1) is 17.5 Å². The minimum absolute atomic E-state index is 0.144. The van der Waals surface area contributed by atoms with Gasteiger partial charge in [0.05, 0.1) is 18.3 Å². The molecule has 0 atom stereocenters. The molecule has 0 fully saturated rings. The highest BCUT2D eigenvalue weighted by Crippen LogP contribution is 2.17. The summed E-state index contributed by atoms with van der Waals surface area (Å²) in [6, 6.07) is 5.31. The molecular weight excluding hydrogens is 333 g/mol. The quantitative estimate of drug-likeness (QED) is 0.723. The number of nitrogens with zero attached hydrogens (tertiary/aromatic N) is 3. The number of benzene rings is 1. The summed E-state index contributed by atoms with van der Waals surface area (Å²) < 4.78 is 41.2. The summed E-state index contributed by atoms with van der Waals surface area (Å²) in [5.74, 6) is -5.33. The summed E-state index contributed by atoms with van der Waals surface area (Å²) in [5.41, 5.74) is 1.23. The maximum Gasteiger partial charge on any atom is 0.254 e. The number of rotatable bonds is 5. The van der Waals surface area contributed by atoms with Gasteiger partial charge in [-0.05, 0) is 18.2 Å². The number of nitrogens with one attached hydrogen (secondary N) is 1. The predicted octanol–water partition coefficient (Wildman–Crippen LogP) is 2.79. The molecule has 0 bridgehead atoms. The third-order valence-corrected chi connectivity index (χ3v) is 3.53. The van der Waals surface area contributed by atoms with E-state index in [1.54, 1.807) is 29.5 Å². The number of hydrogen-bond acceptors (Lipinski definition) is 3. The van der Waals surface area contributed by atoms with Crippen LogP contribution in [0.4, 0.5) is 13.2 Å². The van der Waals surface area contributed by atoms with Crippen LogP contribution in [0.25, 0.3) is 11.1 Å². The molecule has 0 saturated heterocycles. The standard InChI is InChI=1S/C17H13F3N4O/c18-14-4-3-13(15(19)16(14)20)17(25)22-6-7-24-10-12(9-23-24)11-2-1-5-21-8-11/h1-5,8-10H,6-7H2,(H,22,25). The van der Waals surface area contributed by atoms with Gasteiger partial charge in [-0.2, -0.15) is 5.10 Å². The molecule has 1 N–H and O–H groups in total. The van der Waals surface area contributed by atoms with Crippen molar-refractivity contribution in [1.29, 1.82) is 0 Å². The maximum atomic E-state index is 13.6. The van der Waals surface area contributed by atoms with E-state index in [0.717, 1.165) is 17.2 Å². The summed E-state index contributed by atoms with van der Waals surface area (Å²) in [4.78, 5) is 15.9. The Labute approximate surface area is 141 Å². The van der Waals surface area contributed by atoms with E-state index in [-0.39, 0.29) is 6.54 Å². The fourth-order valence-electron chi connectivity index (χ4n) is 2.25. The number of halogens is 3. The fraction of sp³-hybridized carbons (Fsp3) is 0.118. The average Bonchev–Trinajstić information content (AvgIpc) is 3.09. The van der Waals surface area contributed by atoms with Gasteiger partial charge in [0.1, 0.15) is 0 Å². The molecule has 3 rings (SSSR count). The van der Waals surface area contributed by atoms with Crippen molar-refractivity contribution in [2.24, 2.45) is 0 Å². The highest BCUT2D eigenvalue weighted by Gasteiger charge is 2.18. The van der Waals surface area contributed by atoms with Gasteiger partial charge in [0.2, 0.25) is 0 Å². The van der Waals surface area contributed by atoms with Crippen molar-refractivity contribution < 1.29 is 18.0 Å². The van der Waals surface area contributed by atoms with Gasteiger partial charge in [0.25, 0.3) is 5.91 Å². The fourth-order valence-corrected chi connectivity index (χ4v) is 2.25. The molecule has 3 aromatic rings. The Morgan fingerprint density at radius 2 is 1.92 bits per heavy atom. The van der Waals surface area contributed by atoms with E-state index in [1.165, 1.54) is 0 Å². The zero-order valence-electron chi connectivity index (χ0n) is 12.9. The molecule has 0 saturated carbocycles. The minimum Gasteiger partial charge on any atom is -0.350 e. The third kappa shape index (κ3) is 3.68. The number of aromatic nitrogens is 3. The summed E-state index contributed by atoms with van der Waals surface area (Å²) >= 11 is 0. The first-order valence-electron chi connectivity index (χ1n) is 7.41. The van der Waals surface area contributed by atoms with Gasteiger partial charge in [-0.1, -0.05) is 6.07 Å². The highest BCUT2D eigenvalue weighted by molar-refractivity contribution is 5.94. The van der Waals surface area contributed by atoms with Crippen molar-refractivity contribution in [2.75, 3.05) is 6.54 Å². The summed E-state index contributed by atoms with van der Waals surface area (Å²) in [7, 11) is 0. The summed E-state index contributed by atoms with van der Waals surface area (Å²) in [6.45, 7) is 0.475. The lowest BCUT2D eigenvalue weighted by Crippen LogP contribution is -2.28. The molecule has 0 aliphatic rings. The molecule has 25 heavy (non-hydrogen) atoms. The molecule has 2 heterocycles. The zero-order valence-corrected chi connectivity index (χ0v) is 12.9. The summed E-state index contributed by atoms with van der Waals surface area (Å²) in [6.07, 6.45) is 6.81. The van der Waals surface area contributed by atoms with Crippen LogP contribution in [0.5, 0.6) is 0 Å². The van der Waals surface area contributed by atoms with Crippen molar-refractivity contribution in [3.63, 3.8) is 0 Å². The van der Waals surface area contributed by atoms with Crippen LogP contribution in [-0.2, 0) is 6.54 Å². The molecule has 1 amide bonds. The third-order valence-electron chi connectivity index (χ3n) is 3.53. The van der Waals surface area contributed by atoms with E-state index in [4.69, 9.17) is 0 Å². The van der Waals surface area contributed by atoms with Gasteiger partial charge in [0.15, 0.2) is 17.5 Å². The van der Waals surface area contributed by atoms with Crippen LogP contribution in [0.3, 0.4) is 0 Å². The second-order valence-electron chi connectivity index (χ2n) is 5.21. The molecular formula is C17H13F3N4O. The van der Waals surface area contributed by atoms with Crippen molar-refractivity contribution in [2.45, 2.75) is 6.54 Å². The maximum absolute atomic E-state index is 13.6. The van der Waals surface area contributed by atoms with E-state index in [2.05, 4.69) is 15.4 Å². The zero-order chi connectivity index (χ0) is 17.8. The largest absolute Gasteiger partial charge is 0.350 e. The molecule has 0 aliphatic carbocycles. The number of carbonyl (C=O) groups is 1. The normalized spacial score (nSPS) is 10.7. The van der Waals surface area contributed by atoms with E-state index in [9.17, 15) is 18.0 Å². The lowest BCUT2D eigenvalue weighted by atomic mass is 10.2. The average molecular weight is 346 g/mol. The predicted molar refractivity (Wildman–Crippen MR) is 84.1 cm³/mol. The monoisotopic (exact) mass is 346 g/mol. The van der Waals surface area contributed by atoms with Gasteiger partial charge < -0.3 is 5.32 Å². The van der Waals surface area contributed by atoms with Crippen LogP contribution >= 0.6 is 0 Å². The van der Waals surface area contributed by atoms with E-state index < -0.39 is 28.9 Å². The van der Waals surface area contributed by atoms with Crippen LogP contribution < -0.4 is 5.32 Å². The molecule has 8 heteroatoms. The van der Waals surface area contributed by atoms with Gasteiger partial charge in [0, 0.05) is 36.3 Å². The van der Waals surface area contributed by atoms with E-state index >= 15 is 0 Å². The van der Waals surface area contributed by atoms with Gasteiger partial charge in [-0.15, -0.1) is 0 Å². The molecule has 0 radical (unpaired) electrons. The first kappa shape index (κ1) is 16.7. The molecule has 5 nitrogen and oxygen atoms in total. The molecule has 128 valence electrons. The van der Waals surface area contributed by atoms with Crippen molar-refractivity contribution in [1.82, 2.24) is 20.1 Å². The van der Waals surface area contributed by atoms with Gasteiger partial charge in [-0.25, -0.2) is 13.2 Å². The number of amides is 1. The van der Waals surface area contributed by atoms with Crippen molar-refractivity contribution in [3.05, 3.63) is 72.1 Å². The molecule has 0 unspecified atom stereocenters. The second kappa shape index (κ2) is 7.16. The number of hydrogen-bond donors (Lipinski definition) is 1. The van der Waals surface area contributed by atoms with E-state index in [0.29, 0.717) is 12.6 Å². The second-order valence-corrected chi connectivity index (χ2v) is 5.21. The van der Waals surface area contributed by atoms with Gasteiger partial charge in [-0.3, -0.25) is 14.5 Å². The Bertz CT molecular complexity index is 896. The van der Waals surface area contributed by atoms with Crippen LogP contribution in [0.2, 0.25) is 0 Å². The van der Waals surface area contributed by atoms with Crippen molar-refractivity contribution in [3.8, 4) is 11.1 Å². The van der Waals surface area contributed by atoms with Crippen LogP contribution in [0.1, 0.15) is 10.4 Å².